The number of aromatic nitrogens is 2. The fourth-order valence-corrected chi connectivity index (χ4v) is 1.12. The maximum atomic E-state index is 5.84. The first-order valence-electron chi connectivity index (χ1n) is 4.03. The van der Waals surface area contributed by atoms with Gasteiger partial charge >= 0.3 is 0 Å². The molecule has 0 aliphatic heterocycles. The van der Waals surface area contributed by atoms with Gasteiger partial charge in [0.15, 0.2) is 0 Å². The quantitative estimate of drug-likeness (QED) is 0.779. The summed E-state index contributed by atoms with van der Waals surface area (Å²) in [6, 6.07) is 0. The molecular formula is C8H14ClN3. The Morgan fingerprint density at radius 2 is 2.42 bits per heavy atom. The molecule has 0 saturated heterocycles. The summed E-state index contributed by atoms with van der Waals surface area (Å²) in [5, 5.41) is 4.85. The van der Waals surface area contributed by atoms with E-state index in [-0.39, 0.29) is 0 Å². The van der Waals surface area contributed by atoms with E-state index in [0.29, 0.717) is 12.5 Å². The second-order valence-corrected chi connectivity index (χ2v) is 3.51. The minimum atomic E-state index is 0.444. The molecule has 0 saturated carbocycles. The first-order chi connectivity index (χ1) is 5.65. The van der Waals surface area contributed by atoms with Crippen LogP contribution in [0.1, 0.15) is 12.6 Å². The second-order valence-electron chi connectivity index (χ2n) is 3.10. The summed E-state index contributed by atoms with van der Waals surface area (Å²) < 4.78 is 1.89. The van der Waals surface area contributed by atoms with E-state index in [9.17, 15) is 0 Å². The Balaban J connectivity index is 2.69. The molecule has 0 bridgehead atoms. The number of nitrogens with zero attached hydrogens (tertiary/aromatic N) is 2. The molecule has 0 amide bonds. The van der Waals surface area contributed by atoms with Gasteiger partial charge < -0.3 is 5.73 Å². The third kappa shape index (κ3) is 1.99. The Bertz CT molecular complexity index is 257. The van der Waals surface area contributed by atoms with Gasteiger partial charge in [0.05, 0.1) is 16.9 Å². The van der Waals surface area contributed by atoms with Gasteiger partial charge in [-0.25, -0.2) is 0 Å². The normalized spacial score (nSPS) is 13.3. The van der Waals surface area contributed by atoms with E-state index in [1.807, 2.05) is 11.6 Å². The van der Waals surface area contributed by atoms with Gasteiger partial charge in [0, 0.05) is 6.54 Å². The SMILES string of the molecule is Cc1c(Cl)cnn1CC(C)CN. The molecule has 1 aromatic rings. The van der Waals surface area contributed by atoms with Crippen molar-refractivity contribution in [1.82, 2.24) is 9.78 Å². The zero-order chi connectivity index (χ0) is 9.14. The van der Waals surface area contributed by atoms with E-state index in [4.69, 9.17) is 17.3 Å². The summed E-state index contributed by atoms with van der Waals surface area (Å²) in [6.07, 6.45) is 1.67. The minimum Gasteiger partial charge on any atom is -0.330 e. The molecule has 0 aliphatic rings. The summed E-state index contributed by atoms with van der Waals surface area (Å²) in [7, 11) is 0. The van der Waals surface area contributed by atoms with Crippen molar-refractivity contribution in [2.24, 2.45) is 11.7 Å². The van der Waals surface area contributed by atoms with E-state index in [2.05, 4.69) is 12.0 Å². The predicted molar refractivity (Wildman–Crippen MR) is 50.2 cm³/mol. The Hall–Kier alpha value is -0.540. The number of halogens is 1. The second kappa shape index (κ2) is 3.92. The summed E-state index contributed by atoms with van der Waals surface area (Å²) in [5.74, 6) is 0.444. The highest BCUT2D eigenvalue weighted by molar-refractivity contribution is 6.31. The lowest BCUT2D eigenvalue weighted by Gasteiger charge is -2.09. The molecule has 4 heteroatoms. The van der Waals surface area contributed by atoms with Gasteiger partial charge in [-0.3, -0.25) is 4.68 Å². The van der Waals surface area contributed by atoms with Crippen LogP contribution in [0, 0.1) is 12.8 Å². The zero-order valence-corrected chi connectivity index (χ0v) is 8.17. The third-order valence-electron chi connectivity index (χ3n) is 1.93. The molecule has 0 aromatic carbocycles. The van der Waals surface area contributed by atoms with Crippen molar-refractivity contribution >= 4 is 11.6 Å². The van der Waals surface area contributed by atoms with Crippen LogP contribution in [0.3, 0.4) is 0 Å². The Morgan fingerprint density at radius 3 is 2.83 bits per heavy atom. The zero-order valence-electron chi connectivity index (χ0n) is 7.42. The van der Waals surface area contributed by atoms with Crippen molar-refractivity contribution in [3.63, 3.8) is 0 Å². The largest absolute Gasteiger partial charge is 0.330 e. The molecule has 2 N–H and O–H groups in total. The van der Waals surface area contributed by atoms with Gasteiger partial charge in [-0.2, -0.15) is 5.10 Å². The Labute approximate surface area is 77.5 Å². The van der Waals surface area contributed by atoms with Crippen molar-refractivity contribution in [3.05, 3.63) is 16.9 Å². The molecule has 1 rings (SSSR count). The Kier molecular flexibility index (Phi) is 3.12. The van der Waals surface area contributed by atoms with Crippen molar-refractivity contribution in [3.8, 4) is 0 Å². The molecule has 68 valence electrons. The number of nitrogens with two attached hydrogens (primary N) is 1. The number of hydrogen-bond donors (Lipinski definition) is 1. The molecular weight excluding hydrogens is 174 g/mol. The smallest absolute Gasteiger partial charge is 0.0814 e. The lowest BCUT2D eigenvalue weighted by atomic mass is 10.2. The fraction of sp³-hybridized carbons (Fsp3) is 0.625. The molecule has 1 heterocycles. The molecule has 0 aliphatic carbocycles. The van der Waals surface area contributed by atoms with Crippen LogP contribution in [0.25, 0.3) is 0 Å². The number of hydrogen-bond acceptors (Lipinski definition) is 2. The van der Waals surface area contributed by atoms with Gasteiger partial charge in [0.1, 0.15) is 0 Å². The highest BCUT2D eigenvalue weighted by Crippen LogP contribution is 2.14. The average molecular weight is 188 g/mol. The van der Waals surface area contributed by atoms with Crippen molar-refractivity contribution in [2.75, 3.05) is 6.54 Å². The van der Waals surface area contributed by atoms with E-state index in [1.165, 1.54) is 0 Å². The monoisotopic (exact) mass is 187 g/mol. The maximum absolute atomic E-state index is 5.84. The summed E-state index contributed by atoms with van der Waals surface area (Å²) in [6.45, 7) is 5.57. The molecule has 0 fully saturated rings. The predicted octanol–water partition coefficient (Wildman–Crippen LogP) is 1.44. The molecule has 1 aromatic heterocycles. The van der Waals surface area contributed by atoms with Crippen LogP contribution in [0.15, 0.2) is 6.20 Å². The van der Waals surface area contributed by atoms with E-state index in [1.54, 1.807) is 6.20 Å². The lowest BCUT2D eigenvalue weighted by Crippen LogP contribution is -2.18. The number of rotatable bonds is 3. The molecule has 1 unspecified atom stereocenters. The van der Waals surface area contributed by atoms with Gasteiger partial charge in [-0.15, -0.1) is 0 Å². The third-order valence-corrected chi connectivity index (χ3v) is 2.30. The average Bonchev–Trinajstić information content (AvgIpc) is 2.36. The topological polar surface area (TPSA) is 43.8 Å². The molecule has 12 heavy (non-hydrogen) atoms. The highest BCUT2D eigenvalue weighted by atomic mass is 35.5. The van der Waals surface area contributed by atoms with Gasteiger partial charge in [-0.05, 0) is 19.4 Å². The van der Waals surface area contributed by atoms with Gasteiger partial charge in [0.2, 0.25) is 0 Å². The van der Waals surface area contributed by atoms with E-state index in [0.717, 1.165) is 17.3 Å². The van der Waals surface area contributed by atoms with Crippen LogP contribution in [0.2, 0.25) is 5.02 Å². The summed E-state index contributed by atoms with van der Waals surface area (Å²) >= 11 is 5.84. The summed E-state index contributed by atoms with van der Waals surface area (Å²) in [4.78, 5) is 0. The van der Waals surface area contributed by atoms with Crippen LogP contribution in [0.5, 0.6) is 0 Å². The molecule has 3 nitrogen and oxygen atoms in total. The molecule has 0 radical (unpaired) electrons. The van der Waals surface area contributed by atoms with Crippen molar-refractivity contribution < 1.29 is 0 Å². The van der Waals surface area contributed by atoms with Crippen LogP contribution in [-0.2, 0) is 6.54 Å². The van der Waals surface area contributed by atoms with E-state index < -0.39 is 0 Å². The minimum absolute atomic E-state index is 0.444. The van der Waals surface area contributed by atoms with Crippen LogP contribution in [-0.4, -0.2) is 16.3 Å². The van der Waals surface area contributed by atoms with Crippen LogP contribution >= 0.6 is 11.6 Å². The highest BCUT2D eigenvalue weighted by Gasteiger charge is 2.06. The first kappa shape index (κ1) is 9.55. The van der Waals surface area contributed by atoms with Gasteiger partial charge in [-0.1, -0.05) is 18.5 Å². The lowest BCUT2D eigenvalue weighted by molar-refractivity contribution is 0.451. The van der Waals surface area contributed by atoms with Gasteiger partial charge in [0.25, 0.3) is 0 Å². The van der Waals surface area contributed by atoms with Crippen molar-refractivity contribution in [1.29, 1.82) is 0 Å². The van der Waals surface area contributed by atoms with E-state index >= 15 is 0 Å². The Morgan fingerprint density at radius 1 is 1.75 bits per heavy atom. The summed E-state index contributed by atoms with van der Waals surface area (Å²) in [5.41, 5.74) is 6.51. The van der Waals surface area contributed by atoms with Crippen molar-refractivity contribution in [2.45, 2.75) is 20.4 Å². The van der Waals surface area contributed by atoms with Crippen LogP contribution in [0.4, 0.5) is 0 Å². The standard InChI is InChI=1S/C8H14ClN3/c1-6(3-10)5-12-7(2)8(9)4-11-12/h4,6H,3,5,10H2,1-2H3. The molecule has 0 spiro atoms. The fourth-order valence-electron chi connectivity index (χ4n) is 0.978. The molecule has 1 atom stereocenters. The first-order valence-corrected chi connectivity index (χ1v) is 4.41. The maximum Gasteiger partial charge on any atom is 0.0814 e. The van der Waals surface area contributed by atoms with Crippen LogP contribution < -0.4 is 5.73 Å².